The monoisotopic (exact) mass is 302 g/mol. The van der Waals surface area contributed by atoms with Crippen molar-refractivity contribution in [1.29, 1.82) is 0 Å². The van der Waals surface area contributed by atoms with Crippen molar-refractivity contribution in [2.45, 2.75) is 12.3 Å². The van der Waals surface area contributed by atoms with Gasteiger partial charge in [0.25, 0.3) is 0 Å². The lowest BCUT2D eigenvalue weighted by atomic mass is 9.92. The number of benzene rings is 2. The van der Waals surface area contributed by atoms with Crippen molar-refractivity contribution < 1.29 is 4.39 Å². The molecule has 3 N–H and O–H groups in total. The largest absolute Gasteiger partial charge is 0.361 e. The Morgan fingerprint density at radius 3 is 2.62 bits per heavy atom. The van der Waals surface area contributed by atoms with Crippen molar-refractivity contribution >= 4 is 22.5 Å². The Kier molecular flexibility index (Phi) is 3.95. The first kappa shape index (κ1) is 14.1. The predicted molar refractivity (Wildman–Crippen MR) is 85.2 cm³/mol. The Hall–Kier alpha value is -1.84. The highest BCUT2D eigenvalue weighted by atomic mass is 35.5. The molecule has 108 valence electrons. The number of nitrogens with one attached hydrogen (secondary N) is 1. The fourth-order valence-electron chi connectivity index (χ4n) is 2.68. The van der Waals surface area contributed by atoms with Gasteiger partial charge in [0.05, 0.1) is 0 Å². The number of aromatic nitrogens is 1. The van der Waals surface area contributed by atoms with Crippen LogP contribution >= 0.6 is 11.6 Å². The van der Waals surface area contributed by atoms with Gasteiger partial charge in [-0.25, -0.2) is 4.39 Å². The molecule has 3 rings (SSSR count). The molecule has 0 spiro atoms. The van der Waals surface area contributed by atoms with Crippen LogP contribution in [0.3, 0.4) is 0 Å². The molecule has 21 heavy (non-hydrogen) atoms. The van der Waals surface area contributed by atoms with E-state index in [-0.39, 0.29) is 11.7 Å². The van der Waals surface area contributed by atoms with Gasteiger partial charge in [-0.2, -0.15) is 0 Å². The summed E-state index contributed by atoms with van der Waals surface area (Å²) < 4.78 is 13.5. The van der Waals surface area contributed by atoms with Crippen LogP contribution in [-0.4, -0.2) is 11.5 Å². The second-order valence-corrected chi connectivity index (χ2v) is 5.63. The summed E-state index contributed by atoms with van der Waals surface area (Å²) >= 11 is 5.91. The number of H-pyrrole nitrogens is 1. The molecular weight excluding hydrogens is 287 g/mol. The smallest absolute Gasteiger partial charge is 0.123 e. The molecular formula is C17H16ClFN2. The summed E-state index contributed by atoms with van der Waals surface area (Å²) in [7, 11) is 0. The highest BCUT2D eigenvalue weighted by Gasteiger charge is 2.15. The second-order valence-electron chi connectivity index (χ2n) is 5.20. The molecule has 0 saturated carbocycles. The Morgan fingerprint density at radius 2 is 1.90 bits per heavy atom. The van der Waals surface area contributed by atoms with Crippen LogP contribution in [0.25, 0.3) is 10.9 Å². The molecule has 2 nitrogen and oxygen atoms in total. The molecule has 1 aromatic heterocycles. The average Bonchev–Trinajstić information content (AvgIpc) is 2.89. The minimum Gasteiger partial charge on any atom is -0.361 e. The van der Waals surface area contributed by atoms with Crippen molar-refractivity contribution in [2.75, 3.05) is 6.54 Å². The number of hydrogen-bond donors (Lipinski definition) is 2. The van der Waals surface area contributed by atoms with Gasteiger partial charge in [-0.3, -0.25) is 0 Å². The molecule has 0 amide bonds. The Balaban J connectivity index is 1.94. The van der Waals surface area contributed by atoms with Gasteiger partial charge in [-0.1, -0.05) is 23.7 Å². The van der Waals surface area contributed by atoms with E-state index in [4.69, 9.17) is 17.3 Å². The van der Waals surface area contributed by atoms with E-state index in [1.54, 1.807) is 12.1 Å². The van der Waals surface area contributed by atoms with E-state index in [9.17, 15) is 4.39 Å². The fraction of sp³-hybridized carbons (Fsp3) is 0.176. The summed E-state index contributed by atoms with van der Waals surface area (Å²) in [5, 5.41) is 1.62. The molecule has 0 saturated heterocycles. The van der Waals surface area contributed by atoms with Gasteiger partial charge in [-0.05, 0) is 54.4 Å². The third-order valence-electron chi connectivity index (χ3n) is 3.80. The van der Waals surface area contributed by atoms with Crippen molar-refractivity contribution in [3.8, 4) is 0 Å². The maximum absolute atomic E-state index is 13.5. The SMILES string of the molecule is NCC(Cc1ccc(Cl)cc1)c1c[nH]c2ccc(F)cc12. The summed E-state index contributed by atoms with van der Waals surface area (Å²) in [6.45, 7) is 0.506. The van der Waals surface area contributed by atoms with Gasteiger partial charge in [-0.15, -0.1) is 0 Å². The third kappa shape index (κ3) is 2.94. The standard InChI is InChI=1S/C17H16ClFN2/c18-13-3-1-11(2-4-13)7-12(9-20)16-10-21-17-6-5-14(19)8-15(16)17/h1-6,8,10,12,21H,7,9,20H2. The maximum atomic E-state index is 13.5. The van der Waals surface area contributed by atoms with Crippen molar-refractivity contribution in [3.05, 3.63) is 70.6 Å². The summed E-state index contributed by atoms with van der Waals surface area (Å²) in [5.74, 6) is -0.0904. The van der Waals surface area contributed by atoms with Crippen LogP contribution in [0.2, 0.25) is 5.02 Å². The van der Waals surface area contributed by atoms with Gasteiger partial charge in [0.2, 0.25) is 0 Å². The molecule has 0 aliphatic carbocycles. The van der Waals surface area contributed by atoms with Crippen LogP contribution in [-0.2, 0) is 6.42 Å². The van der Waals surface area contributed by atoms with Crippen molar-refractivity contribution in [3.63, 3.8) is 0 Å². The summed E-state index contributed by atoms with van der Waals surface area (Å²) in [6, 6.07) is 12.5. The highest BCUT2D eigenvalue weighted by molar-refractivity contribution is 6.30. The topological polar surface area (TPSA) is 41.8 Å². The minimum absolute atomic E-state index is 0.140. The number of halogens is 2. The number of rotatable bonds is 4. The normalized spacial score (nSPS) is 12.7. The Bertz CT molecular complexity index is 749. The maximum Gasteiger partial charge on any atom is 0.123 e. The van der Waals surface area contributed by atoms with Crippen molar-refractivity contribution in [2.24, 2.45) is 5.73 Å². The van der Waals surface area contributed by atoms with Crippen LogP contribution in [0.15, 0.2) is 48.7 Å². The molecule has 1 heterocycles. The van der Waals surface area contributed by atoms with Gasteiger partial charge >= 0.3 is 0 Å². The second kappa shape index (κ2) is 5.88. The number of fused-ring (bicyclic) bond motifs is 1. The molecule has 0 aliphatic heterocycles. The van der Waals surface area contributed by atoms with E-state index < -0.39 is 0 Å². The number of hydrogen-bond acceptors (Lipinski definition) is 1. The van der Waals surface area contributed by atoms with Gasteiger partial charge in [0.15, 0.2) is 0 Å². The van der Waals surface area contributed by atoms with Crippen molar-refractivity contribution in [1.82, 2.24) is 4.98 Å². The summed E-state index contributed by atoms with van der Waals surface area (Å²) in [4.78, 5) is 3.18. The van der Waals surface area contributed by atoms with E-state index >= 15 is 0 Å². The first-order valence-corrected chi connectivity index (χ1v) is 7.26. The average molecular weight is 303 g/mol. The molecule has 1 atom stereocenters. The predicted octanol–water partition coefficient (Wildman–Crippen LogP) is 4.25. The Labute approximate surface area is 127 Å². The molecule has 0 bridgehead atoms. The third-order valence-corrected chi connectivity index (χ3v) is 4.05. The lowest BCUT2D eigenvalue weighted by molar-refractivity contribution is 0.629. The molecule has 4 heteroatoms. The van der Waals surface area contributed by atoms with Crippen LogP contribution in [0, 0.1) is 5.82 Å². The summed E-state index contributed by atoms with van der Waals surface area (Å²) in [6.07, 6.45) is 2.73. The zero-order valence-electron chi connectivity index (χ0n) is 11.4. The first-order chi connectivity index (χ1) is 10.2. The zero-order valence-corrected chi connectivity index (χ0v) is 12.2. The molecule has 3 aromatic rings. The molecule has 0 aliphatic rings. The van der Waals surface area contributed by atoms with E-state index in [0.717, 1.165) is 27.9 Å². The van der Waals surface area contributed by atoms with Gasteiger partial charge in [0.1, 0.15) is 5.82 Å². The van der Waals surface area contributed by atoms with E-state index in [1.807, 2.05) is 30.5 Å². The highest BCUT2D eigenvalue weighted by Crippen LogP contribution is 2.28. The molecule has 1 unspecified atom stereocenters. The summed E-state index contributed by atoms with van der Waals surface area (Å²) in [5.41, 5.74) is 9.09. The minimum atomic E-state index is -0.231. The van der Waals surface area contributed by atoms with E-state index in [1.165, 1.54) is 11.6 Å². The lowest BCUT2D eigenvalue weighted by Crippen LogP contribution is -2.14. The Morgan fingerprint density at radius 1 is 1.14 bits per heavy atom. The molecule has 0 radical (unpaired) electrons. The first-order valence-electron chi connectivity index (χ1n) is 6.88. The van der Waals surface area contributed by atoms with Gasteiger partial charge < -0.3 is 10.7 Å². The van der Waals surface area contributed by atoms with Crippen LogP contribution in [0.1, 0.15) is 17.0 Å². The van der Waals surface area contributed by atoms with Crippen LogP contribution < -0.4 is 5.73 Å². The quantitative estimate of drug-likeness (QED) is 0.743. The van der Waals surface area contributed by atoms with Crippen LogP contribution in [0.5, 0.6) is 0 Å². The van der Waals surface area contributed by atoms with Crippen LogP contribution in [0.4, 0.5) is 4.39 Å². The van der Waals surface area contributed by atoms with E-state index in [0.29, 0.717) is 6.54 Å². The molecule has 0 fully saturated rings. The lowest BCUT2D eigenvalue weighted by Gasteiger charge is -2.14. The number of aromatic amines is 1. The number of nitrogens with two attached hydrogens (primary N) is 1. The zero-order chi connectivity index (χ0) is 14.8. The van der Waals surface area contributed by atoms with Gasteiger partial charge in [0, 0.05) is 28.0 Å². The molecule has 2 aromatic carbocycles. The van der Waals surface area contributed by atoms with E-state index in [2.05, 4.69) is 4.98 Å². The fourth-order valence-corrected chi connectivity index (χ4v) is 2.80.